The van der Waals surface area contributed by atoms with E-state index in [4.69, 9.17) is 9.47 Å². The summed E-state index contributed by atoms with van der Waals surface area (Å²) in [5, 5.41) is 3.43. The normalized spacial score (nSPS) is 14.4. The van der Waals surface area contributed by atoms with Crippen molar-refractivity contribution in [1.82, 2.24) is 5.32 Å². The average molecular weight is 251 g/mol. The molecule has 0 heterocycles. The Morgan fingerprint density at radius 2 is 1.89 bits per heavy atom. The molecule has 0 saturated heterocycles. The largest absolute Gasteiger partial charge is 0.383 e. The molecule has 18 heavy (non-hydrogen) atoms. The number of methoxy groups -OCH3 is 2. The average Bonchev–Trinajstić information content (AvgIpc) is 2.43. The summed E-state index contributed by atoms with van der Waals surface area (Å²) in [7, 11) is 3.49. The Morgan fingerprint density at radius 1 is 1.17 bits per heavy atom. The molecule has 0 radical (unpaired) electrons. The molecule has 1 aromatic carbocycles. The van der Waals surface area contributed by atoms with Gasteiger partial charge in [-0.1, -0.05) is 30.3 Å². The van der Waals surface area contributed by atoms with Gasteiger partial charge in [0.15, 0.2) is 0 Å². The fraction of sp³-hybridized carbons (Fsp3) is 0.600. The van der Waals surface area contributed by atoms with Crippen molar-refractivity contribution < 1.29 is 9.47 Å². The van der Waals surface area contributed by atoms with Crippen LogP contribution in [0.25, 0.3) is 0 Å². The Balaban J connectivity index is 2.52. The van der Waals surface area contributed by atoms with Gasteiger partial charge in [-0.2, -0.15) is 0 Å². The minimum absolute atomic E-state index is 0.277. The first kappa shape index (κ1) is 15.2. The number of benzene rings is 1. The molecule has 2 atom stereocenters. The predicted molar refractivity (Wildman–Crippen MR) is 75.0 cm³/mol. The summed E-state index contributed by atoms with van der Waals surface area (Å²) in [6, 6.07) is 10.6. The Kier molecular flexibility index (Phi) is 7.65. The fourth-order valence-electron chi connectivity index (χ4n) is 2.01. The van der Waals surface area contributed by atoms with Crippen LogP contribution >= 0.6 is 0 Å². The van der Waals surface area contributed by atoms with E-state index in [0.717, 1.165) is 26.1 Å². The van der Waals surface area contributed by atoms with E-state index >= 15 is 0 Å². The minimum atomic E-state index is 0.277. The first-order valence-corrected chi connectivity index (χ1v) is 6.55. The van der Waals surface area contributed by atoms with Crippen LogP contribution in [0.4, 0.5) is 0 Å². The van der Waals surface area contributed by atoms with E-state index in [1.54, 1.807) is 14.2 Å². The predicted octanol–water partition coefficient (Wildman–Crippen LogP) is 2.43. The van der Waals surface area contributed by atoms with E-state index < -0.39 is 0 Å². The van der Waals surface area contributed by atoms with Crippen molar-refractivity contribution in [3.8, 4) is 0 Å². The van der Waals surface area contributed by atoms with Crippen LogP contribution in [0.2, 0.25) is 0 Å². The van der Waals surface area contributed by atoms with E-state index in [0.29, 0.717) is 5.92 Å². The lowest BCUT2D eigenvalue weighted by molar-refractivity contribution is 0.103. The van der Waals surface area contributed by atoms with Crippen molar-refractivity contribution in [3.05, 3.63) is 35.9 Å². The maximum absolute atomic E-state index is 5.38. The highest BCUT2D eigenvalue weighted by molar-refractivity contribution is 5.20. The quantitative estimate of drug-likeness (QED) is 0.684. The second kappa shape index (κ2) is 9.09. The molecule has 1 aromatic rings. The van der Waals surface area contributed by atoms with Gasteiger partial charge in [-0.05, 0) is 24.8 Å². The summed E-state index contributed by atoms with van der Waals surface area (Å²) in [6.45, 7) is 4.72. The van der Waals surface area contributed by atoms with Gasteiger partial charge in [0.2, 0.25) is 0 Å². The van der Waals surface area contributed by atoms with Crippen LogP contribution in [0.5, 0.6) is 0 Å². The molecular formula is C15H25NO2. The molecule has 0 aromatic heterocycles. The van der Waals surface area contributed by atoms with Crippen LogP contribution in [0.3, 0.4) is 0 Å². The third-order valence-electron chi connectivity index (χ3n) is 3.16. The van der Waals surface area contributed by atoms with Gasteiger partial charge >= 0.3 is 0 Å². The maximum atomic E-state index is 5.38. The zero-order valence-electron chi connectivity index (χ0n) is 11.7. The standard InChI is InChI=1S/C15H25NO2/c1-13(18-3)11-15(12-16-9-10-17-2)14-7-5-4-6-8-14/h4-8,13,15-16H,9-12H2,1-3H3. The molecule has 0 aliphatic carbocycles. The zero-order valence-corrected chi connectivity index (χ0v) is 11.7. The van der Waals surface area contributed by atoms with Crippen molar-refractivity contribution in [2.75, 3.05) is 33.9 Å². The van der Waals surface area contributed by atoms with E-state index in [9.17, 15) is 0 Å². The molecule has 0 aliphatic rings. The Bertz CT molecular complexity index is 303. The topological polar surface area (TPSA) is 30.5 Å². The molecule has 1 N–H and O–H groups in total. The molecule has 2 unspecified atom stereocenters. The number of hydrogen-bond acceptors (Lipinski definition) is 3. The molecule has 0 fully saturated rings. The monoisotopic (exact) mass is 251 g/mol. The molecule has 0 bridgehead atoms. The van der Waals surface area contributed by atoms with Crippen LogP contribution < -0.4 is 5.32 Å². The molecule has 0 amide bonds. The number of nitrogens with one attached hydrogen (secondary N) is 1. The summed E-state index contributed by atoms with van der Waals surface area (Å²) in [5.41, 5.74) is 1.37. The smallest absolute Gasteiger partial charge is 0.0587 e. The van der Waals surface area contributed by atoms with Crippen LogP contribution in [0.1, 0.15) is 24.8 Å². The third-order valence-corrected chi connectivity index (χ3v) is 3.16. The Hall–Kier alpha value is -0.900. The highest BCUT2D eigenvalue weighted by Gasteiger charge is 2.14. The lowest BCUT2D eigenvalue weighted by Crippen LogP contribution is -2.27. The van der Waals surface area contributed by atoms with E-state index in [2.05, 4.69) is 42.6 Å². The van der Waals surface area contributed by atoms with Crippen molar-refractivity contribution in [3.63, 3.8) is 0 Å². The van der Waals surface area contributed by atoms with Gasteiger partial charge in [-0.15, -0.1) is 0 Å². The lowest BCUT2D eigenvalue weighted by Gasteiger charge is -2.21. The molecule has 0 spiro atoms. The number of rotatable bonds is 9. The van der Waals surface area contributed by atoms with Crippen molar-refractivity contribution in [2.45, 2.75) is 25.4 Å². The van der Waals surface area contributed by atoms with Gasteiger partial charge < -0.3 is 14.8 Å². The summed E-state index contributed by atoms with van der Waals surface area (Å²) < 4.78 is 10.4. The highest BCUT2D eigenvalue weighted by atomic mass is 16.5. The van der Waals surface area contributed by atoms with E-state index in [1.807, 2.05) is 0 Å². The van der Waals surface area contributed by atoms with E-state index in [-0.39, 0.29) is 6.10 Å². The lowest BCUT2D eigenvalue weighted by atomic mass is 9.93. The summed E-state index contributed by atoms with van der Waals surface area (Å²) >= 11 is 0. The number of hydrogen-bond donors (Lipinski definition) is 1. The molecule has 0 aliphatic heterocycles. The first-order chi connectivity index (χ1) is 8.77. The summed E-state index contributed by atoms with van der Waals surface area (Å²) in [5.74, 6) is 0.484. The molecule has 3 nitrogen and oxygen atoms in total. The number of ether oxygens (including phenoxy) is 2. The summed E-state index contributed by atoms with van der Waals surface area (Å²) in [6.07, 6.45) is 1.31. The van der Waals surface area contributed by atoms with E-state index in [1.165, 1.54) is 5.56 Å². The van der Waals surface area contributed by atoms with Crippen molar-refractivity contribution in [1.29, 1.82) is 0 Å². The zero-order chi connectivity index (χ0) is 13.2. The first-order valence-electron chi connectivity index (χ1n) is 6.55. The Morgan fingerprint density at radius 3 is 2.50 bits per heavy atom. The maximum Gasteiger partial charge on any atom is 0.0587 e. The van der Waals surface area contributed by atoms with Gasteiger partial charge in [0.05, 0.1) is 12.7 Å². The van der Waals surface area contributed by atoms with Gasteiger partial charge in [0.1, 0.15) is 0 Å². The van der Waals surface area contributed by atoms with Gasteiger partial charge in [0.25, 0.3) is 0 Å². The van der Waals surface area contributed by atoms with Crippen molar-refractivity contribution in [2.24, 2.45) is 0 Å². The molecule has 102 valence electrons. The van der Waals surface area contributed by atoms with Gasteiger partial charge in [-0.3, -0.25) is 0 Å². The summed E-state index contributed by atoms with van der Waals surface area (Å²) in [4.78, 5) is 0. The molecule has 0 saturated carbocycles. The van der Waals surface area contributed by atoms with Gasteiger partial charge in [-0.25, -0.2) is 0 Å². The van der Waals surface area contributed by atoms with Crippen LogP contribution in [-0.4, -0.2) is 40.0 Å². The molecule has 1 rings (SSSR count). The van der Waals surface area contributed by atoms with Gasteiger partial charge in [0, 0.05) is 27.3 Å². The fourth-order valence-corrected chi connectivity index (χ4v) is 2.01. The Labute approximate surface area is 110 Å². The molecular weight excluding hydrogens is 226 g/mol. The molecule has 3 heteroatoms. The SMILES string of the molecule is COCCNCC(CC(C)OC)c1ccccc1. The van der Waals surface area contributed by atoms with Crippen molar-refractivity contribution >= 4 is 0 Å². The third kappa shape index (κ3) is 5.63. The second-order valence-corrected chi connectivity index (χ2v) is 4.59. The van der Waals surface area contributed by atoms with Crippen LogP contribution in [0, 0.1) is 0 Å². The second-order valence-electron chi connectivity index (χ2n) is 4.59. The van der Waals surface area contributed by atoms with Crippen LogP contribution in [-0.2, 0) is 9.47 Å². The minimum Gasteiger partial charge on any atom is -0.383 e. The van der Waals surface area contributed by atoms with Crippen LogP contribution in [0.15, 0.2) is 30.3 Å². The highest BCUT2D eigenvalue weighted by Crippen LogP contribution is 2.21.